The first-order valence-electron chi connectivity index (χ1n) is 11.4. The number of nitrogens with one attached hydrogen (secondary N) is 3. The topological polar surface area (TPSA) is 146 Å². The first-order valence-corrected chi connectivity index (χ1v) is 11.4. The lowest BCUT2D eigenvalue weighted by Crippen LogP contribution is -2.52. The standard InChI is InChI=1S/C24H22N6O6/c1-35-14-3-2-13-10-30(21(32)15(13)8-14)12-24(22(33)27-23(34)28-24)18-9-16-17(36-18)4-5-26-20(16)29-7-6-25-19(31)11-29/h2-5,8-9H,6-7,10-12H2,1H3,(H,25,31)(H2,27,28,33,34)/t24-/m0/s1. The number of aromatic nitrogens is 1. The molecule has 0 radical (unpaired) electrons. The molecule has 5 amide bonds. The van der Waals surface area contributed by atoms with Gasteiger partial charge in [0.15, 0.2) is 5.54 Å². The summed E-state index contributed by atoms with van der Waals surface area (Å²) in [5, 5.41) is 8.34. The summed E-state index contributed by atoms with van der Waals surface area (Å²) >= 11 is 0. The number of fused-ring (bicyclic) bond motifs is 2. The predicted molar refractivity (Wildman–Crippen MR) is 125 cm³/mol. The number of pyridine rings is 1. The normalized spacial score (nSPS) is 21.5. The summed E-state index contributed by atoms with van der Waals surface area (Å²) < 4.78 is 11.3. The van der Waals surface area contributed by atoms with Crippen LogP contribution in [-0.4, -0.2) is 66.9 Å². The first-order chi connectivity index (χ1) is 17.4. The third kappa shape index (κ3) is 3.33. The number of amides is 5. The van der Waals surface area contributed by atoms with Crippen molar-refractivity contribution in [3.8, 4) is 5.75 Å². The van der Waals surface area contributed by atoms with Gasteiger partial charge in [0.25, 0.3) is 11.8 Å². The fourth-order valence-electron chi connectivity index (χ4n) is 4.97. The molecule has 3 aromatic rings. The van der Waals surface area contributed by atoms with Crippen molar-refractivity contribution >= 4 is 40.5 Å². The zero-order valence-corrected chi connectivity index (χ0v) is 19.3. The van der Waals surface area contributed by atoms with Crippen LogP contribution in [0.25, 0.3) is 11.0 Å². The summed E-state index contributed by atoms with van der Waals surface area (Å²) in [5.41, 5.74) is 0.0676. The zero-order chi connectivity index (χ0) is 25.0. The van der Waals surface area contributed by atoms with Gasteiger partial charge in [-0.2, -0.15) is 0 Å². The Labute approximate surface area is 204 Å². The molecule has 12 nitrogen and oxygen atoms in total. The molecule has 36 heavy (non-hydrogen) atoms. The molecular formula is C24H22N6O6. The number of benzene rings is 1. The third-order valence-electron chi connectivity index (χ3n) is 6.75. The number of nitrogens with zero attached hydrogens (tertiary/aromatic N) is 3. The van der Waals surface area contributed by atoms with Crippen molar-refractivity contribution in [2.75, 3.05) is 38.2 Å². The number of rotatable bonds is 5. The van der Waals surface area contributed by atoms with Crippen LogP contribution in [-0.2, 0) is 21.7 Å². The smallest absolute Gasteiger partial charge is 0.322 e. The van der Waals surface area contributed by atoms with E-state index in [1.54, 1.807) is 36.5 Å². The molecule has 3 aliphatic rings. The second kappa shape index (κ2) is 7.97. The predicted octanol–water partition coefficient (Wildman–Crippen LogP) is 0.463. The lowest BCUT2D eigenvalue weighted by Gasteiger charge is -2.29. The van der Waals surface area contributed by atoms with E-state index in [-0.39, 0.29) is 37.2 Å². The van der Waals surface area contributed by atoms with E-state index in [2.05, 4.69) is 20.9 Å². The van der Waals surface area contributed by atoms with E-state index in [9.17, 15) is 19.2 Å². The minimum atomic E-state index is -1.64. The van der Waals surface area contributed by atoms with E-state index in [1.165, 1.54) is 12.0 Å². The molecule has 0 unspecified atom stereocenters. The van der Waals surface area contributed by atoms with Crippen LogP contribution in [0, 0.1) is 0 Å². The Morgan fingerprint density at radius 1 is 1.14 bits per heavy atom. The molecule has 3 aliphatic heterocycles. The number of piperazine rings is 1. The van der Waals surface area contributed by atoms with E-state index < -0.39 is 17.5 Å². The average molecular weight is 490 g/mol. The van der Waals surface area contributed by atoms with Gasteiger partial charge in [-0.15, -0.1) is 0 Å². The molecule has 3 N–H and O–H groups in total. The monoisotopic (exact) mass is 490 g/mol. The van der Waals surface area contributed by atoms with Crippen LogP contribution < -0.4 is 25.6 Å². The van der Waals surface area contributed by atoms with Crippen LogP contribution in [0.5, 0.6) is 5.75 Å². The van der Waals surface area contributed by atoms with Crippen molar-refractivity contribution in [1.82, 2.24) is 25.8 Å². The van der Waals surface area contributed by atoms with E-state index in [4.69, 9.17) is 9.15 Å². The molecular weight excluding hydrogens is 468 g/mol. The molecule has 1 aromatic carbocycles. The van der Waals surface area contributed by atoms with Gasteiger partial charge in [-0.1, -0.05) is 6.07 Å². The Morgan fingerprint density at radius 2 is 2.00 bits per heavy atom. The van der Waals surface area contributed by atoms with Gasteiger partial charge in [0.2, 0.25) is 5.91 Å². The van der Waals surface area contributed by atoms with Crippen LogP contribution in [0.4, 0.5) is 10.6 Å². The minimum absolute atomic E-state index is 0.119. The molecule has 5 heterocycles. The van der Waals surface area contributed by atoms with Crippen LogP contribution in [0.2, 0.25) is 0 Å². The Hall–Kier alpha value is -4.61. The molecule has 184 valence electrons. The highest BCUT2D eigenvalue weighted by atomic mass is 16.5. The van der Waals surface area contributed by atoms with E-state index in [1.807, 2.05) is 4.90 Å². The average Bonchev–Trinajstić information content (AvgIpc) is 3.53. The Bertz CT molecular complexity index is 1450. The summed E-state index contributed by atoms with van der Waals surface area (Å²) in [6.07, 6.45) is 1.56. The maximum absolute atomic E-state index is 13.2. The zero-order valence-electron chi connectivity index (χ0n) is 19.3. The fraction of sp³-hybridized carbons (Fsp3) is 0.292. The number of urea groups is 1. The van der Waals surface area contributed by atoms with Crippen molar-refractivity contribution < 1.29 is 28.3 Å². The van der Waals surface area contributed by atoms with Gasteiger partial charge in [0.1, 0.15) is 22.9 Å². The van der Waals surface area contributed by atoms with Gasteiger partial charge < -0.3 is 29.6 Å². The fourth-order valence-corrected chi connectivity index (χ4v) is 4.97. The van der Waals surface area contributed by atoms with Crippen LogP contribution in [0.15, 0.2) is 40.9 Å². The molecule has 2 aromatic heterocycles. The summed E-state index contributed by atoms with van der Waals surface area (Å²) in [6, 6.07) is 7.84. The van der Waals surface area contributed by atoms with Crippen molar-refractivity contribution in [2.24, 2.45) is 0 Å². The van der Waals surface area contributed by atoms with E-state index >= 15 is 0 Å². The third-order valence-corrected chi connectivity index (χ3v) is 6.75. The van der Waals surface area contributed by atoms with E-state index in [0.717, 1.165) is 5.56 Å². The molecule has 12 heteroatoms. The number of imide groups is 1. The number of furan rings is 1. The van der Waals surface area contributed by atoms with Crippen LogP contribution in [0.1, 0.15) is 21.7 Å². The maximum atomic E-state index is 13.2. The SMILES string of the molecule is COc1ccc2c(c1)C(=O)N(C[C@@]1(c3cc4c(N5CCNC(=O)C5)nccc4o3)NC(=O)NC1=O)C2. The molecule has 0 spiro atoms. The minimum Gasteiger partial charge on any atom is -0.497 e. The van der Waals surface area contributed by atoms with Crippen LogP contribution in [0.3, 0.4) is 0 Å². The lowest BCUT2D eigenvalue weighted by molar-refractivity contribution is -0.125. The van der Waals surface area contributed by atoms with E-state index in [0.29, 0.717) is 41.2 Å². The van der Waals surface area contributed by atoms with Gasteiger partial charge in [-0.05, 0) is 29.8 Å². The second-order valence-corrected chi connectivity index (χ2v) is 8.93. The number of carbonyl (C=O) groups excluding carboxylic acids is 4. The maximum Gasteiger partial charge on any atom is 0.322 e. The Kier molecular flexibility index (Phi) is 4.85. The van der Waals surface area contributed by atoms with Gasteiger partial charge >= 0.3 is 6.03 Å². The quantitative estimate of drug-likeness (QED) is 0.438. The first kappa shape index (κ1) is 21.9. The summed E-state index contributed by atoms with van der Waals surface area (Å²) in [7, 11) is 1.52. The van der Waals surface area contributed by atoms with Gasteiger partial charge in [-0.25, -0.2) is 9.78 Å². The van der Waals surface area contributed by atoms with Crippen LogP contribution >= 0.6 is 0 Å². The highest BCUT2D eigenvalue weighted by Crippen LogP contribution is 2.37. The molecule has 0 aliphatic carbocycles. The van der Waals surface area contributed by atoms with Gasteiger partial charge in [0.05, 0.1) is 25.6 Å². The van der Waals surface area contributed by atoms with Gasteiger partial charge in [0, 0.05) is 31.4 Å². The van der Waals surface area contributed by atoms with Gasteiger partial charge in [-0.3, -0.25) is 19.7 Å². The Morgan fingerprint density at radius 3 is 2.75 bits per heavy atom. The summed E-state index contributed by atoms with van der Waals surface area (Å²) in [6.45, 7) is 1.30. The van der Waals surface area contributed by atoms with Crippen molar-refractivity contribution in [2.45, 2.75) is 12.1 Å². The number of anilines is 1. The van der Waals surface area contributed by atoms with Crippen molar-refractivity contribution in [1.29, 1.82) is 0 Å². The summed E-state index contributed by atoms with van der Waals surface area (Å²) in [4.78, 5) is 58.4. The molecule has 0 saturated carbocycles. The highest BCUT2D eigenvalue weighted by Gasteiger charge is 2.53. The lowest BCUT2D eigenvalue weighted by atomic mass is 9.95. The number of hydrogen-bond acceptors (Lipinski definition) is 8. The number of hydrogen-bond donors (Lipinski definition) is 3. The summed E-state index contributed by atoms with van der Waals surface area (Å²) in [5.74, 6) is 0.224. The molecule has 2 fully saturated rings. The molecule has 0 bridgehead atoms. The number of ether oxygens (including phenoxy) is 1. The Balaban J connectivity index is 1.39. The largest absolute Gasteiger partial charge is 0.497 e. The molecule has 6 rings (SSSR count). The highest BCUT2D eigenvalue weighted by molar-refractivity contribution is 6.08. The molecule has 1 atom stereocenters. The molecule has 2 saturated heterocycles. The van der Waals surface area contributed by atoms with Crippen molar-refractivity contribution in [3.05, 3.63) is 53.4 Å². The van der Waals surface area contributed by atoms with Crippen molar-refractivity contribution in [3.63, 3.8) is 0 Å². The number of carbonyl (C=O) groups is 4. The second-order valence-electron chi connectivity index (χ2n) is 8.93. The number of methoxy groups -OCH3 is 1.